The quantitative estimate of drug-likeness (QED) is 0.827. The van der Waals surface area contributed by atoms with Crippen molar-refractivity contribution in [3.05, 3.63) is 35.1 Å². The zero-order valence-electron chi connectivity index (χ0n) is 10.1. The molecular weight excluding hydrogens is 224 g/mol. The molecule has 2 rings (SSSR count). The Morgan fingerprint density at radius 3 is 2.41 bits per heavy atom. The van der Waals surface area contributed by atoms with Crippen molar-refractivity contribution in [1.82, 2.24) is 0 Å². The molecule has 4 heteroatoms. The van der Waals surface area contributed by atoms with E-state index in [1.54, 1.807) is 0 Å². The van der Waals surface area contributed by atoms with Crippen molar-refractivity contribution in [3.63, 3.8) is 0 Å². The maximum atomic E-state index is 13.6. The Morgan fingerprint density at radius 1 is 1.24 bits per heavy atom. The Hall–Kier alpha value is -1.42. The van der Waals surface area contributed by atoms with Crippen LogP contribution < -0.4 is 5.73 Å². The molecule has 17 heavy (non-hydrogen) atoms. The first kappa shape index (κ1) is 12.0. The summed E-state index contributed by atoms with van der Waals surface area (Å²) < 4.78 is 32.3. The molecule has 0 radical (unpaired) electrons. The van der Waals surface area contributed by atoms with Crippen LogP contribution in [0.5, 0.6) is 0 Å². The van der Waals surface area contributed by atoms with Gasteiger partial charge >= 0.3 is 0 Å². The van der Waals surface area contributed by atoms with Gasteiger partial charge < -0.3 is 10.2 Å². The summed E-state index contributed by atoms with van der Waals surface area (Å²) in [5, 5.41) is 0.468. The maximum absolute atomic E-state index is 13.6. The Morgan fingerprint density at radius 2 is 1.88 bits per heavy atom. The van der Waals surface area contributed by atoms with E-state index < -0.39 is 11.6 Å². The lowest BCUT2D eigenvalue weighted by atomic mass is 9.84. The number of hydrogen-bond acceptors (Lipinski definition) is 2. The normalized spacial score (nSPS) is 12.4. The van der Waals surface area contributed by atoms with Gasteiger partial charge in [-0.1, -0.05) is 20.8 Å². The molecule has 2 nitrogen and oxygen atoms in total. The minimum absolute atomic E-state index is 0.0803. The second-order valence-electron chi connectivity index (χ2n) is 5.12. The van der Waals surface area contributed by atoms with Crippen molar-refractivity contribution in [1.29, 1.82) is 0 Å². The number of rotatable bonds is 1. The highest BCUT2D eigenvalue weighted by Gasteiger charge is 2.26. The second-order valence-corrected chi connectivity index (χ2v) is 5.12. The molecule has 0 fully saturated rings. The number of fused-ring (bicyclic) bond motifs is 1. The fourth-order valence-electron chi connectivity index (χ4n) is 2.14. The molecule has 0 bridgehead atoms. The van der Waals surface area contributed by atoms with E-state index in [1.165, 1.54) is 6.07 Å². The molecule has 0 spiro atoms. The van der Waals surface area contributed by atoms with E-state index in [4.69, 9.17) is 10.2 Å². The summed E-state index contributed by atoms with van der Waals surface area (Å²) in [4.78, 5) is 0. The minimum atomic E-state index is -0.690. The smallest absolute Gasteiger partial charge is 0.170 e. The largest absolute Gasteiger partial charge is 0.456 e. The second kappa shape index (κ2) is 3.81. The van der Waals surface area contributed by atoms with Gasteiger partial charge in [-0.15, -0.1) is 0 Å². The molecule has 1 heterocycles. The van der Waals surface area contributed by atoms with Gasteiger partial charge in [0, 0.05) is 17.0 Å². The number of nitrogens with two attached hydrogens (primary N) is 1. The zero-order chi connectivity index (χ0) is 12.8. The molecule has 1 aromatic heterocycles. The molecule has 0 aliphatic heterocycles. The van der Waals surface area contributed by atoms with Gasteiger partial charge in [0.15, 0.2) is 11.4 Å². The Balaban J connectivity index is 2.88. The van der Waals surface area contributed by atoms with E-state index in [9.17, 15) is 8.78 Å². The van der Waals surface area contributed by atoms with Gasteiger partial charge in [-0.25, -0.2) is 8.78 Å². The average molecular weight is 239 g/mol. The third kappa shape index (κ3) is 1.93. The van der Waals surface area contributed by atoms with E-state index in [-0.39, 0.29) is 17.5 Å². The molecule has 1 aromatic carbocycles. The molecule has 0 aliphatic carbocycles. The third-order valence-corrected chi connectivity index (χ3v) is 2.72. The van der Waals surface area contributed by atoms with Crippen molar-refractivity contribution in [2.45, 2.75) is 32.7 Å². The molecule has 0 aliphatic rings. The molecule has 0 saturated heterocycles. The van der Waals surface area contributed by atoms with Crippen molar-refractivity contribution in [3.8, 4) is 0 Å². The summed E-state index contributed by atoms with van der Waals surface area (Å²) in [7, 11) is 0. The molecule has 0 saturated carbocycles. The van der Waals surface area contributed by atoms with Gasteiger partial charge in [0.2, 0.25) is 0 Å². The lowest BCUT2D eigenvalue weighted by Crippen LogP contribution is -2.14. The van der Waals surface area contributed by atoms with E-state index in [2.05, 4.69) is 0 Å². The monoisotopic (exact) mass is 239 g/mol. The van der Waals surface area contributed by atoms with Crippen LogP contribution in [0.15, 0.2) is 16.5 Å². The Kier molecular flexibility index (Phi) is 2.70. The highest BCUT2D eigenvalue weighted by molar-refractivity contribution is 5.84. The first-order chi connectivity index (χ1) is 7.84. The Labute approximate surface area is 98.4 Å². The van der Waals surface area contributed by atoms with Crippen LogP contribution in [-0.4, -0.2) is 0 Å². The van der Waals surface area contributed by atoms with Crippen LogP contribution in [0, 0.1) is 11.6 Å². The molecular formula is C13H15F2NO. The molecule has 2 N–H and O–H groups in total. The van der Waals surface area contributed by atoms with Crippen LogP contribution in [0.4, 0.5) is 8.78 Å². The van der Waals surface area contributed by atoms with Crippen LogP contribution >= 0.6 is 0 Å². The predicted molar refractivity (Wildman–Crippen MR) is 62.7 cm³/mol. The number of benzene rings is 1. The molecule has 0 amide bonds. The highest BCUT2D eigenvalue weighted by Crippen LogP contribution is 2.36. The summed E-state index contributed by atoms with van der Waals surface area (Å²) in [5.41, 5.74) is 6.16. The van der Waals surface area contributed by atoms with Gasteiger partial charge in [0.05, 0.1) is 6.54 Å². The van der Waals surface area contributed by atoms with Gasteiger partial charge in [-0.2, -0.15) is 0 Å². The van der Waals surface area contributed by atoms with Crippen molar-refractivity contribution >= 4 is 11.0 Å². The molecule has 92 valence electrons. The average Bonchev–Trinajstić information content (AvgIpc) is 2.55. The van der Waals surface area contributed by atoms with Gasteiger partial charge in [-0.05, 0) is 11.5 Å². The summed E-state index contributed by atoms with van der Waals surface area (Å²) in [5.74, 6) is -0.785. The zero-order valence-corrected chi connectivity index (χ0v) is 10.1. The van der Waals surface area contributed by atoms with Crippen LogP contribution in [0.3, 0.4) is 0 Å². The van der Waals surface area contributed by atoms with E-state index in [1.807, 2.05) is 20.8 Å². The summed E-state index contributed by atoms with van der Waals surface area (Å²) in [6.45, 7) is 6.04. The van der Waals surface area contributed by atoms with E-state index in [0.717, 1.165) is 11.6 Å². The molecule has 0 atom stereocenters. The SMILES string of the molecule is CC(C)(C)c1c(CN)oc2c(F)cc(F)cc12. The van der Waals surface area contributed by atoms with Gasteiger partial charge in [0.25, 0.3) is 0 Å². The van der Waals surface area contributed by atoms with Crippen LogP contribution in [0.25, 0.3) is 11.0 Å². The highest BCUT2D eigenvalue weighted by atomic mass is 19.1. The predicted octanol–water partition coefficient (Wildman–Crippen LogP) is 3.47. The molecule has 2 aromatic rings. The number of furan rings is 1. The van der Waals surface area contributed by atoms with Crippen LogP contribution in [-0.2, 0) is 12.0 Å². The standard InChI is InChI=1S/C13H15F2NO/c1-13(2,3)11-8-4-7(14)5-9(15)12(8)17-10(11)6-16/h4-5H,6,16H2,1-3H3. The molecule has 0 unspecified atom stereocenters. The first-order valence-electron chi connectivity index (χ1n) is 5.45. The van der Waals surface area contributed by atoms with E-state index in [0.29, 0.717) is 11.1 Å². The van der Waals surface area contributed by atoms with E-state index >= 15 is 0 Å². The first-order valence-corrected chi connectivity index (χ1v) is 5.45. The fourth-order valence-corrected chi connectivity index (χ4v) is 2.14. The van der Waals surface area contributed by atoms with Crippen molar-refractivity contribution in [2.75, 3.05) is 0 Å². The van der Waals surface area contributed by atoms with Gasteiger partial charge in [0.1, 0.15) is 11.6 Å². The fraction of sp³-hybridized carbons (Fsp3) is 0.385. The topological polar surface area (TPSA) is 39.2 Å². The number of hydrogen-bond donors (Lipinski definition) is 1. The summed E-state index contributed by atoms with van der Waals surface area (Å²) in [6.07, 6.45) is 0. The lowest BCUT2D eigenvalue weighted by Gasteiger charge is -2.18. The van der Waals surface area contributed by atoms with Crippen molar-refractivity contribution in [2.24, 2.45) is 5.73 Å². The number of halogens is 2. The minimum Gasteiger partial charge on any atom is -0.456 e. The maximum Gasteiger partial charge on any atom is 0.170 e. The third-order valence-electron chi connectivity index (χ3n) is 2.72. The summed E-state index contributed by atoms with van der Waals surface area (Å²) >= 11 is 0. The van der Waals surface area contributed by atoms with Gasteiger partial charge in [-0.3, -0.25) is 0 Å². The van der Waals surface area contributed by atoms with Crippen LogP contribution in [0.1, 0.15) is 32.1 Å². The summed E-state index contributed by atoms with van der Waals surface area (Å²) in [6, 6.07) is 2.11. The lowest BCUT2D eigenvalue weighted by molar-refractivity contribution is 0.494. The van der Waals surface area contributed by atoms with Crippen LogP contribution in [0.2, 0.25) is 0 Å². The van der Waals surface area contributed by atoms with Crippen molar-refractivity contribution < 1.29 is 13.2 Å². The Bertz CT molecular complexity index is 567.